The average molecular weight is 510 g/mol. The molecule has 8 aromatic rings. The molecule has 0 amide bonds. The fourth-order valence-electron chi connectivity index (χ4n) is 7.63. The van der Waals surface area contributed by atoms with Crippen LogP contribution in [0.2, 0.25) is 0 Å². The molecular weight excluding hydrogens is 490 g/mol. The molecule has 0 N–H and O–H groups in total. The second-order valence-corrected chi connectivity index (χ2v) is 11.1. The van der Waals surface area contributed by atoms with Crippen LogP contribution in [0.15, 0.2) is 121 Å². The highest BCUT2D eigenvalue weighted by Gasteiger charge is 2.40. The molecule has 6 aromatic carbocycles. The molecule has 4 heterocycles. The summed E-state index contributed by atoms with van der Waals surface area (Å²) in [4.78, 5) is 0. The molecule has 0 saturated heterocycles. The van der Waals surface area contributed by atoms with E-state index < -0.39 is 0 Å². The molecule has 40 heavy (non-hydrogen) atoms. The van der Waals surface area contributed by atoms with Crippen molar-refractivity contribution in [1.82, 2.24) is 9.13 Å². The van der Waals surface area contributed by atoms with E-state index in [4.69, 9.17) is 0 Å². The average Bonchev–Trinajstić information content (AvgIpc) is 3.52. The molecule has 0 fully saturated rings. The first-order valence-electron chi connectivity index (χ1n) is 13.8. The molecule has 0 aliphatic carbocycles. The predicted octanol–water partition coefficient (Wildman–Crippen LogP) is 6.83. The molecule has 0 bridgehead atoms. The van der Waals surface area contributed by atoms with Crippen molar-refractivity contribution in [3.8, 4) is 22.5 Å². The minimum absolute atomic E-state index is 0.119. The van der Waals surface area contributed by atoms with Gasteiger partial charge in [0, 0.05) is 44.0 Å². The maximum Gasteiger partial charge on any atom is 0.252 e. The molecule has 2 aromatic heterocycles. The molecule has 0 radical (unpaired) electrons. The van der Waals surface area contributed by atoms with Gasteiger partial charge >= 0.3 is 0 Å². The predicted molar refractivity (Wildman–Crippen MR) is 165 cm³/mol. The van der Waals surface area contributed by atoms with Crippen molar-refractivity contribution in [1.29, 1.82) is 0 Å². The van der Waals surface area contributed by atoms with E-state index in [1.807, 2.05) is 12.1 Å². The first kappa shape index (κ1) is 20.8. The van der Waals surface area contributed by atoms with Gasteiger partial charge in [0.25, 0.3) is 6.71 Å². The molecule has 0 atom stereocenters. The van der Waals surface area contributed by atoms with Gasteiger partial charge in [-0.3, -0.25) is 0 Å². The lowest BCUT2D eigenvalue weighted by Gasteiger charge is -2.34. The van der Waals surface area contributed by atoms with Crippen molar-refractivity contribution in [3.05, 3.63) is 127 Å². The summed E-state index contributed by atoms with van der Waals surface area (Å²) in [6.07, 6.45) is 0. The number of halogens is 1. The number of aromatic nitrogens is 2. The first-order chi connectivity index (χ1) is 19.8. The van der Waals surface area contributed by atoms with Gasteiger partial charge in [-0.05, 0) is 63.9 Å². The number of nitrogens with zero attached hydrogens (tertiary/aromatic N) is 2. The van der Waals surface area contributed by atoms with E-state index in [9.17, 15) is 4.39 Å². The lowest BCUT2D eigenvalue weighted by molar-refractivity contribution is 0.628. The fraction of sp³-hybridized carbons (Fsp3) is 0. The van der Waals surface area contributed by atoms with Crippen LogP contribution in [0, 0.1) is 5.82 Å². The summed E-state index contributed by atoms with van der Waals surface area (Å²) in [6, 6.07) is 42.6. The number of fused-ring (bicyclic) bond motifs is 10. The fourth-order valence-corrected chi connectivity index (χ4v) is 7.63. The number of rotatable bonds is 1. The van der Waals surface area contributed by atoms with Crippen molar-refractivity contribution in [2.24, 2.45) is 0 Å². The van der Waals surface area contributed by atoms with Crippen LogP contribution in [0.4, 0.5) is 4.39 Å². The Kier molecular flexibility index (Phi) is 3.70. The van der Waals surface area contributed by atoms with E-state index in [0.717, 1.165) is 11.1 Å². The summed E-state index contributed by atoms with van der Waals surface area (Å²) < 4.78 is 18.9. The van der Waals surface area contributed by atoms with Gasteiger partial charge in [-0.2, -0.15) is 0 Å². The second kappa shape index (κ2) is 7.10. The van der Waals surface area contributed by atoms with Crippen LogP contribution in [0.1, 0.15) is 0 Å². The molecule has 0 saturated carbocycles. The van der Waals surface area contributed by atoms with Gasteiger partial charge in [0.2, 0.25) is 0 Å². The Labute approximate surface area is 229 Å². The van der Waals surface area contributed by atoms with Crippen molar-refractivity contribution in [2.75, 3.05) is 0 Å². The zero-order chi connectivity index (χ0) is 26.1. The van der Waals surface area contributed by atoms with Gasteiger partial charge in [-0.15, -0.1) is 0 Å². The van der Waals surface area contributed by atoms with Crippen molar-refractivity contribution in [3.63, 3.8) is 0 Å². The van der Waals surface area contributed by atoms with Gasteiger partial charge in [0.05, 0.1) is 11.0 Å². The van der Waals surface area contributed by atoms with Crippen LogP contribution in [0.5, 0.6) is 0 Å². The number of benzene rings is 6. The van der Waals surface area contributed by atoms with Crippen LogP contribution in [0.25, 0.3) is 66.1 Å². The maximum atomic E-state index is 14.0. The molecule has 0 spiro atoms. The lowest BCUT2D eigenvalue weighted by atomic mass is 9.34. The van der Waals surface area contributed by atoms with Gasteiger partial charge in [-0.1, -0.05) is 84.9 Å². The van der Waals surface area contributed by atoms with Crippen LogP contribution >= 0.6 is 0 Å². The topological polar surface area (TPSA) is 9.86 Å². The molecule has 184 valence electrons. The highest BCUT2D eigenvalue weighted by molar-refractivity contribution is 7.00. The Hall–Kier alpha value is -5.09. The molecule has 4 heteroatoms. The Balaban J connectivity index is 1.47. The zero-order valence-electron chi connectivity index (χ0n) is 21.4. The molecule has 10 rings (SSSR count). The van der Waals surface area contributed by atoms with Crippen molar-refractivity contribution >= 4 is 66.7 Å². The highest BCUT2D eigenvalue weighted by Crippen LogP contribution is 2.40. The third-order valence-corrected chi connectivity index (χ3v) is 9.16. The molecule has 0 unspecified atom stereocenters. The van der Waals surface area contributed by atoms with E-state index >= 15 is 0 Å². The first-order valence-corrected chi connectivity index (χ1v) is 13.8. The minimum atomic E-state index is -0.220. The third-order valence-electron chi connectivity index (χ3n) is 9.16. The summed E-state index contributed by atoms with van der Waals surface area (Å²) in [5, 5.41) is 5.10. The van der Waals surface area contributed by atoms with Crippen LogP contribution < -0.4 is 16.4 Å². The maximum absolute atomic E-state index is 14.0. The monoisotopic (exact) mass is 510 g/mol. The second-order valence-electron chi connectivity index (χ2n) is 11.1. The van der Waals surface area contributed by atoms with Crippen LogP contribution in [0.3, 0.4) is 0 Å². The lowest BCUT2D eigenvalue weighted by Crippen LogP contribution is -2.59. The number of hydrogen-bond acceptors (Lipinski definition) is 0. The minimum Gasteiger partial charge on any atom is -0.310 e. The van der Waals surface area contributed by atoms with E-state index in [0.29, 0.717) is 0 Å². The largest absolute Gasteiger partial charge is 0.310 e. The summed E-state index contributed by atoms with van der Waals surface area (Å²) >= 11 is 0. The summed E-state index contributed by atoms with van der Waals surface area (Å²) in [5.74, 6) is -0.220. The smallest absolute Gasteiger partial charge is 0.252 e. The molecule has 2 aliphatic rings. The zero-order valence-corrected chi connectivity index (χ0v) is 21.4. The Morgan fingerprint density at radius 1 is 0.475 bits per heavy atom. The molecule has 2 aliphatic heterocycles. The van der Waals surface area contributed by atoms with Gasteiger partial charge in [0.15, 0.2) is 0 Å². The van der Waals surface area contributed by atoms with Gasteiger partial charge in [0.1, 0.15) is 5.82 Å². The molecule has 2 nitrogen and oxygen atoms in total. The summed E-state index contributed by atoms with van der Waals surface area (Å²) in [7, 11) is 0. The van der Waals surface area contributed by atoms with Gasteiger partial charge < -0.3 is 9.13 Å². The molecular formula is C36H20BFN2. The van der Waals surface area contributed by atoms with E-state index in [-0.39, 0.29) is 12.5 Å². The van der Waals surface area contributed by atoms with Gasteiger partial charge in [-0.25, -0.2) is 4.39 Å². The Morgan fingerprint density at radius 2 is 0.975 bits per heavy atom. The Bertz CT molecular complexity index is 2250. The quantitative estimate of drug-likeness (QED) is 0.214. The normalized spacial score (nSPS) is 13.1. The van der Waals surface area contributed by atoms with E-state index in [1.54, 1.807) is 12.1 Å². The highest BCUT2D eigenvalue weighted by atomic mass is 19.1. The number of hydrogen-bond donors (Lipinski definition) is 0. The third kappa shape index (κ3) is 2.37. The summed E-state index contributed by atoms with van der Waals surface area (Å²) in [6.45, 7) is 0.119. The Morgan fingerprint density at radius 3 is 1.52 bits per heavy atom. The SMILES string of the molecule is Fc1ccc(-c2cc3c4c(c2)-n2c5ccccc5c5cccc(c52)B4c2cccc4c5ccccc5n-3c24)cc1. The van der Waals surface area contributed by atoms with Crippen LogP contribution in [-0.2, 0) is 0 Å². The standard InChI is InChI=1S/C36H20BFN2/c38-23-17-15-21(16-18-23)22-19-32-34-33(20-22)40-31-14-4-2-8-25(31)27-10-6-12-29(36(27)40)37(34)28-11-5-9-26-24-7-1-3-13-30(24)39(32)35(26)28/h1-20H. The van der Waals surface area contributed by atoms with E-state index in [1.165, 1.54) is 71.4 Å². The van der Waals surface area contributed by atoms with Crippen molar-refractivity contribution < 1.29 is 4.39 Å². The van der Waals surface area contributed by atoms with E-state index in [2.05, 4.69) is 106 Å². The van der Waals surface area contributed by atoms with Crippen LogP contribution in [-0.4, -0.2) is 15.8 Å². The summed E-state index contributed by atoms with van der Waals surface area (Å²) in [5.41, 5.74) is 13.5. The number of para-hydroxylation sites is 4. The van der Waals surface area contributed by atoms with Crippen molar-refractivity contribution in [2.45, 2.75) is 0 Å².